The third-order valence-electron chi connectivity index (χ3n) is 3.13. The number of aryl methyl sites for hydroxylation is 1. The monoisotopic (exact) mass is 308 g/mol. The second kappa shape index (κ2) is 4.48. The summed E-state index contributed by atoms with van der Waals surface area (Å²) < 4.78 is 40.6. The smallest absolute Gasteiger partial charge is 0.206 e. The van der Waals surface area contributed by atoms with Gasteiger partial charge in [-0.05, 0) is 13.8 Å². The van der Waals surface area contributed by atoms with Crippen LogP contribution < -0.4 is 0 Å². The first kappa shape index (κ1) is 13.9. The van der Waals surface area contributed by atoms with Crippen molar-refractivity contribution in [3.63, 3.8) is 0 Å². The van der Waals surface area contributed by atoms with E-state index in [0.29, 0.717) is 15.6 Å². The first-order valence-corrected chi connectivity index (χ1v) is 5.95. The zero-order chi connectivity index (χ0) is 16.1. The molecule has 3 aromatic heterocycles. The summed E-state index contributed by atoms with van der Waals surface area (Å²) in [6, 6.07) is 1.74. The second-order valence-corrected chi connectivity index (χ2v) is 4.45. The van der Waals surface area contributed by atoms with Crippen LogP contribution in [0.4, 0.5) is 13.2 Å². The normalized spacial score (nSPS) is 11.8. The van der Waals surface area contributed by atoms with Crippen LogP contribution >= 0.6 is 0 Å². The van der Waals surface area contributed by atoms with Gasteiger partial charge in [0.2, 0.25) is 0 Å². The van der Waals surface area contributed by atoms with Crippen LogP contribution in [0.15, 0.2) is 6.33 Å². The summed E-state index contributed by atoms with van der Waals surface area (Å²) in [4.78, 5) is 3.71. The molecule has 11 heteroatoms. The average molecular weight is 308 g/mol. The largest absolute Gasteiger partial charge is 0.453 e. The molecule has 0 atom stereocenters. The van der Waals surface area contributed by atoms with Gasteiger partial charge in [-0.25, -0.2) is 4.98 Å². The Morgan fingerprint density at radius 1 is 1.14 bits per heavy atom. The lowest BCUT2D eigenvalue weighted by Crippen LogP contribution is -2.15. The number of nitrogens with zero attached hydrogens (tertiary/aromatic N) is 8. The number of halogens is 3. The molecular weight excluding hydrogens is 301 g/mol. The Morgan fingerprint density at radius 2 is 1.86 bits per heavy atom. The van der Waals surface area contributed by atoms with Crippen molar-refractivity contribution in [2.75, 3.05) is 0 Å². The first-order chi connectivity index (χ1) is 10.3. The van der Waals surface area contributed by atoms with Gasteiger partial charge in [-0.3, -0.25) is 0 Å². The minimum atomic E-state index is -4.69. The number of hydrogen-bond acceptors (Lipinski definition) is 6. The quantitative estimate of drug-likeness (QED) is 0.670. The summed E-state index contributed by atoms with van der Waals surface area (Å²) in [6.07, 6.45) is -3.48. The predicted octanol–water partition coefficient (Wildman–Crippen LogP) is 1.21. The van der Waals surface area contributed by atoms with Crippen LogP contribution in [0, 0.1) is 25.2 Å². The summed E-state index contributed by atoms with van der Waals surface area (Å²) in [7, 11) is 0. The van der Waals surface area contributed by atoms with Crippen LogP contribution in [0.25, 0.3) is 11.5 Å². The van der Waals surface area contributed by atoms with Crippen molar-refractivity contribution in [2.45, 2.75) is 20.0 Å². The SMILES string of the molecule is Cc1c(-n2cnc(C#N)n2)nn2c(C(F)(F)F)nnc2c1C. The summed E-state index contributed by atoms with van der Waals surface area (Å²) >= 11 is 0. The Hall–Kier alpha value is -3.03. The molecule has 8 nitrogen and oxygen atoms in total. The van der Waals surface area contributed by atoms with Gasteiger partial charge in [-0.2, -0.15) is 27.6 Å². The van der Waals surface area contributed by atoms with Crippen molar-refractivity contribution in [1.82, 2.24) is 34.6 Å². The van der Waals surface area contributed by atoms with Gasteiger partial charge in [0, 0.05) is 11.1 Å². The molecule has 0 spiro atoms. The molecule has 3 heterocycles. The van der Waals surface area contributed by atoms with E-state index in [-0.39, 0.29) is 17.3 Å². The summed E-state index contributed by atoms with van der Waals surface area (Å²) in [6.45, 7) is 3.26. The van der Waals surface area contributed by atoms with Crippen LogP contribution in [0.3, 0.4) is 0 Å². The number of aromatic nitrogens is 7. The topological polar surface area (TPSA) is 97.6 Å². The highest BCUT2D eigenvalue weighted by Crippen LogP contribution is 2.29. The van der Waals surface area contributed by atoms with E-state index < -0.39 is 12.0 Å². The summed E-state index contributed by atoms with van der Waals surface area (Å²) in [5.74, 6) is -1.23. The summed E-state index contributed by atoms with van der Waals surface area (Å²) in [5.41, 5.74) is 1.04. The molecule has 22 heavy (non-hydrogen) atoms. The number of nitriles is 1. The van der Waals surface area contributed by atoms with E-state index >= 15 is 0 Å². The molecule has 3 rings (SSSR count). The molecule has 112 valence electrons. The molecule has 0 aliphatic carbocycles. The van der Waals surface area contributed by atoms with Crippen molar-refractivity contribution in [2.24, 2.45) is 0 Å². The molecule has 0 radical (unpaired) electrons. The second-order valence-electron chi connectivity index (χ2n) is 4.45. The van der Waals surface area contributed by atoms with Gasteiger partial charge in [-0.1, -0.05) is 0 Å². The van der Waals surface area contributed by atoms with Crippen LogP contribution in [0.2, 0.25) is 0 Å². The molecular formula is C11H7F3N8. The Balaban J connectivity index is 2.32. The third kappa shape index (κ3) is 1.96. The number of hydrogen-bond donors (Lipinski definition) is 0. The highest BCUT2D eigenvalue weighted by atomic mass is 19.4. The average Bonchev–Trinajstić information content (AvgIpc) is 3.08. The van der Waals surface area contributed by atoms with Crippen LogP contribution in [-0.4, -0.2) is 34.6 Å². The van der Waals surface area contributed by atoms with E-state index in [1.807, 2.05) is 0 Å². The van der Waals surface area contributed by atoms with Gasteiger partial charge in [0.1, 0.15) is 12.4 Å². The fraction of sp³-hybridized carbons (Fsp3) is 0.273. The Kier molecular flexibility index (Phi) is 2.84. The van der Waals surface area contributed by atoms with Crippen LogP contribution in [-0.2, 0) is 6.18 Å². The fourth-order valence-electron chi connectivity index (χ4n) is 1.92. The lowest BCUT2D eigenvalue weighted by atomic mass is 10.2. The summed E-state index contributed by atoms with van der Waals surface area (Å²) in [5, 5.41) is 23.1. The molecule has 0 saturated carbocycles. The minimum absolute atomic E-state index is 0.00852. The van der Waals surface area contributed by atoms with Crippen molar-refractivity contribution in [1.29, 1.82) is 5.26 Å². The van der Waals surface area contributed by atoms with Gasteiger partial charge in [0.25, 0.3) is 11.6 Å². The van der Waals surface area contributed by atoms with Crippen molar-refractivity contribution in [3.05, 3.63) is 29.1 Å². The lowest BCUT2D eigenvalue weighted by Gasteiger charge is -2.10. The van der Waals surface area contributed by atoms with Crippen molar-refractivity contribution in [3.8, 4) is 11.9 Å². The Bertz CT molecular complexity index is 914. The molecule has 0 aromatic carbocycles. The van der Waals surface area contributed by atoms with Crippen molar-refractivity contribution >= 4 is 5.65 Å². The molecule has 0 aliphatic heterocycles. The van der Waals surface area contributed by atoms with E-state index in [0.717, 1.165) is 4.68 Å². The van der Waals surface area contributed by atoms with Gasteiger partial charge in [0.05, 0.1) is 0 Å². The van der Waals surface area contributed by atoms with E-state index in [4.69, 9.17) is 5.26 Å². The first-order valence-electron chi connectivity index (χ1n) is 5.95. The molecule has 3 aromatic rings. The molecule has 0 aliphatic rings. The van der Waals surface area contributed by atoms with Crippen molar-refractivity contribution < 1.29 is 13.2 Å². The zero-order valence-electron chi connectivity index (χ0n) is 11.3. The number of alkyl halides is 3. The fourth-order valence-corrected chi connectivity index (χ4v) is 1.92. The molecule has 0 N–H and O–H groups in total. The maximum atomic E-state index is 12.9. The number of rotatable bonds is 1. The van der Waals surface area contributed by atoms with Gasteiger partial charge in [-0.15, -0.1) is 20.4 Å². The van der Waals surface area contributed by atoms with Gasteiger partial charge >= 0.3 is 6.18 Å². The molecule has 0 unspecified atom stereocenters. The highest BCUT2D eigenvalue weighted by molar-refractivity contribution is 5.54. The van der Waals surface area contributed by atoms with Crippen LogP contribution in [0.5, 0.6) is 0 Å². The highest BCUT2D eigenvalue weighted by Gasteiger charge is 2.38. The van der Waals surface area contributed by atoms with E-state index in [2.05, 4.69) is 25.4 Å². The Labute approximate surface area is 120 Å². The van der Waals surface area contributed by atoms with E-state index in [1.165, 1.54) is 6.33 Å². The van der Waals surface area contributed by atoms with Gasteiger partial charge in [0.15, 0.2) is 11.5 Å². The maximum Gasteiger partial charge on any atom is 0.453 e. The molecule has 0 amide bonds. The number of fused-ring (bicyclic) bond motifs is 1. The minimum Gasteiger partial charge on any atom is -0.206 e. The Morgan fingerprint density at radius 3 is 2.45 bits per heavy atom. The van der Waals surface area contributed by atoms with Gasteiger partial charge < -0.3 is 0 Å². The molecule has 0 bridgehead atoms. The molecule has 0 saturated heterocycles. The standard InChI is InChI=1S/C11H7F3N8/c1-5-6(2)9(21-4-16-7(3-15)19-21)20-22-8(5)17-18-10(22)11(12,13)14/h4H,1-2H3. The third-order valence-corrected chi connectivity index (χ3v) is 3.13. The zero-order valence-corrected chi connectivity index (χ0v) is 11.3. The van der Waals surface area contributed by atoms with E-state index in [1.54, 1.807) is 19.9 Å². The van der Waals surface area contributed by atoms with Crippen LogP contribution in [0.1, 0.15) is 22.8 Å². The maximum absolute atomic E-state index is 12.9. The predicted molar refractivity (Wildman–Crippen MR) is 64.9 cm³/mol. The lowest BCUT2D eigenvalue weighted by molar-refractivity contribution is -0.146. The molecule has 0 fully saturated rings. The van der Waals surface area contributed by atoms with E-state index in [9.17, 15) is 13.2 Å².